The zero-order chi connectivity index (χ0) is 13.3. The van der Waals surface area contributed by atoms with Gasteiger partial charge in [-0.05, 0) is 31.7 Å². The highest BCUT2D eigenvalue weighted by molar-refractivity contribution is 5.91. The Morgan fingerprint density at radius 3 is 2.79 bits per heavy atom. The second kappa shape index (κ2) is 4.93. The lowest BCUT2D eigenvalue weighted by Crippen LogP contribution is -2.45. The van der Waals surface area contributed by atoms with Crippen molar-refractivity contribution in [3.8, 4) is 0 Å². The van der Waals surface area contributed by atoms with Crippen LogP contribution in [0.3, 0.4) is 0 Å². The highest BCUT2D eigenvalue weighted by Gasteiger charge is 2.53. The van der Waals surface area contributed by atoms with Gasteiger partial charge in [0, 0.05) is 12.2 Å². The van der Waals surface area contributed by atoms with Crippen molar-refractivity contribution >= 4 is 5.91 Å². The van der Waals surface area contributed by atoms with Gasteiger partial charge in [-0.25, -0.2) is 4.39 Å². The first kappa shape index (κ1) is 12.6. The number of amides is 1. The van der Waals surface area contributed by atoms with E-state index in [1.807, 2.05) is 0 Å². The molecule has 102 valence electrons. The first-order chi connectivity index (χ1) is 9.22. The number of rotatable bonds is 3. The molecule has 1 heterocycles. The average molecular weight is 263 g/mol. The number of carbonyl (C=O) groups excluding carboxylic acids is 1. The summed E-state index contributed by atoms with van der Waals surface area (Å²) in [4.78, 5) is 12.4. The van der Waals surface area contributed by atoms with Crippen LogP contribution in [0.15, 0.2) is 24.3 Å². The standard InChI is InChI=1S/C15H18FNO2/c16-13-6-2-1-5-12(13)15(7-8-15)14(18)17-11-4-3-9-19-10-11/h1-2,5-6,11H,3-4,7-10H2,(H,17,18)/t11-/m1/s1. The van der Waals surface area contributed by atoms with Crippen LogP contribution in [0.1, 0.15) is 31.2 Å². The summed E-state index contributed by atoms with van der Waals surface area (Å²) < 4.78 is 19.2. The predicted molar refractivity (Wildman–Crippen MR) is 69.3 cm³/mol. The number of benzene rings is 1. The van der Waals surface area contributed by atoms with Gasteiger partial charge in [-0.1, -0.05) is 18.2 Å². The van der Waals surface area contributed by atoms with Gasteiger partial charge < -0.3 is 10.1 Å². The Morgan fingerprint density at radius 2 is 2.16 bits per heavy atom. The van der Waals surface area contributed by atoms with Crippen molar-refractivity contribution in [2.24, 2.45) is 0 Å². The molecule has 3 nitrogen and oxygen atoms in total. The molecule has 2 fully saturated rings. The van der Waals surface area contributed by atoms with E-state index in [1.54, 1.807) is 18.2 Å². The van der Waals surface area contributed by atoms with Crippen LogP contribution in [0, 0.1) is 5.82 Å². The van der Waals surface area contributed by atoms with Gasteiger partial charge in [0.2, 0.25) is 5.91 Å². The third-order valence-corrected chi connectivity index (χ3v) is 4.07. The largest absolute Gasteiger partial charge is 0.379 e. The molecule has 1 saturated heterocycles. The fraction of sp³-hybridized carbons (Fsp3) is 0.533. The molecule has 1 aliphatic heterocycles. The van der Waals surface area contributed by atoms with Crippen LogP contribution in [0.25, 0.3) is 0 Å². The summed E-state index contributed by atoms with van der Waals surface area (Å²) >= 11 is 0. The molecule has 1 aromatic carbocycles. The smallest absolute Gasteiger partial charge is 0.231 e. The van der Waals surface area contributed by atoms with E-state index in [-0.39, 0.29) is 17.8 Å². The molecule has 3 rings (SSSR count). The fourth-order valence-corrected chi connectivity index (χ4v) is 2.77. The summed E-state index contributed by atoms with van der Waals surface area (Å²) in [6.45, 7) is 1.34. The molecule has 2 aliphatic rings. The van der Waals surface area contributed by atoms with Crippen molar-refractivity contribution in [3.63, 3.8) is 0 Å². The van der Waals surface area contributed by atoms with Crippen molar-refractivity contribution in [2.45, 2.75) is 37.1 Å². The molecular formula is C15H18FNO2. The molecule has 19 heavy (non-hydrogen) atoms. The molecule has 1 N–H and O–H groups in total. The van der Waals surface area contributed by atoms with Gasteiger partial charge in [-0.3, -0.25) is 4.79 Å². The molecule has 0 unspecified atom stereocenters. The van der Waals surface area contributed by atoms with Crippen LogP contribution < -0.4 is 5.32 Å². The molecule has 1 amide bonds. The number of ether oxygens (including phenoxy) is 1. The number of nitrogens with one attached hydrogen (secondary N) is 1. The molecule has 4 heteroatoms. The molecule has 0 radical (unpaired) electrons. The first-order valence-electron chi connectivity index (χ1n) is 6.86. The van der Waals surface area contributed by atoms with Gasteiger partial charge >= 0.3 is 0 Å². The van der Waals surface area contributed by atoms with Crippen LogP contribution in [0.2, 0.25) is 0 Å². The van der Waals surface area contributed by atoms with E-state index < -0.39 is 5.41 Å². The number of carbonyl (C=O) groups is 1. The zero-order valence-corrected chi connectivity index (χ0v) is 10.8. The van der Waals surface area contributed by atoms with E-state index in [4.69, 9.17) is 4.74 Å². The molecule has 0 bridgehead atoms. The van der Waals surface area contributed by atoms with Gasteiger partial charge in [0.15, 0.2) is 0 Å². The van der Waals surface area contributed by atoms with Crippen molar-refractivity contribution < 1.29 is 13.9 Å². The topological polar surface area (TPSA) is 38.3 Å². The monoisotopic (exact) mass is 263 g/mol. The molecule has 1 aromatic rings. The average Bonchev–Trinajstić information content (AvgIpc) is 3.22. The van der Waals surface area contributed by atoms with E-state index in [0.717, 1.165) is 32.3 Å². The highest BCUT2D eigenvalue weighted by atomic mass is 19.1. The Kier molecular flexibility index (Phi) is 3.27. The van der Waals surface area contributed by atoms with Gasteiger partial charge in [0.05, 0.1) is 18.1 Å². The minimum absolute atomic E-state index is 0.0481. The Balaban J connectivity index is 1.74. The van der Waals surface area contributed by atoms with Gasteiger partial charge in [0.1, 0.15) is 5.82 Å². The molecular weight excluding hydrogens is 245 g/mol. The summed E-state index contributed by atoms with van der Waals surface area (Å²) in [6.07, 6.45) is 3.37. The lowest BCUT2D eigenvalue weighted by Gasteiger charge is -2.26. The van der Waals surface area contributed by atoms with E-state index in [9.17, 15) is 9.18 Å². The normalized spacial score (nSPS) is 24.8. The second-order valence-electron chi connectivity index (χ2n) is 5.45. The lowest BCUT2D eigenvalue weighted by atomic mass is 9.93. The summed E-state index contributed by atoms with van der Waals surface area (Å²) in [5.74, 6) is -0.330. The van der Waals surface area contributed by atoms with Gasteiger partial charge in [-0.2, -0.15) is 0 Å². The lowest BCUT2D eigenvalue weighted by molar-refractivity contribution is -0.125. The Morgan fingerprint density at radius 1 is 1.37 bits per heavy atom. The quantitative estimate of drug-likeness (QED) is 0.907. The Hall–Kier alpha value is -1.42. The van der Waals surface area contributed by atoms with Gasteiger partial charge in [-0.15, -0.1) is 0 Å². The minimum Gasteiger partial charge on any atom is -0.379 e. The number of hydrogen-bond acceptors (Lipinski definition) is 2. The first-order valence-corrected chi connectivity index (χ1v) is 6.86. The Bertz CT molecular complexity index is 479. The summed E-state index contributed by atoms with van der Waals surface area (Å²) in [5, 5.41) is 3.02. The maximum atomic E-state index is 13.9. The van der Waals surface area contributed by atoms with Crippen molar-refractivity contribution in [2.75, 3.05) is 13.2 Å². The van der Waals surface area contributed by atoms with Crippen LogP contribution in [-0.4, -0.2) is 25.2 Å². The van der Waals surface area contributed by atoms with E-state index in [2.05, 4.69) is 5.32 Å². The molecule has 0 spiro atoms. The van der Waals surface area contributed by atoms with Crippen molar-refractivity contribution in [1.82, 2.24) is 5.32 Å². The summed E-state index contributed by atoms with van der Waals surface area (Å²) in [6, 6.07) is 6.66. The summed E-state index contributed by atoms with van der Waals surface area (Å²) in [5.41, 5.74) is -0.104. The SMILES string of the molecule is O=C(N[C@@H]1CCCOC1)C1(c2ccccc2F)CC1. The maximum Gasteiger partial charge on any atom is 0.231 e. The molecule has 0 aromatic heterocycles. The molecule has 1 saturated carbocycles. The fourth-order valence-electron chi connectivity index (χ4n) is 2.77. The number of hydrogen-bond donors (Lipinski definition) is 1. The molecule has 1 aliphatic carbocycles. The number of halogens is 1. The molecule has 1 atom stereocenters. The third kappa shape index (κ3) is 2.37. The van der Waals surface area contributed by atoms with Crippen molar-refractivity contribution in [1.29, 1.82) is 0 Å². The van der Waals surface area contributed by atoms with Crippen LogP contribution in [0.4, 0.5) is 4.39 Å². The Labute approximate surface area is 112 Å². The highest BCUT2D eigenvalue weighted by Crippen LogP contribution is 2.49. The van der Waals surface area contributed by atoms with Crippen LogP contribution in [-0.2, 0) is 14.9 Å². The van der Waals surface area contributed by atoms with Gasteiger partial charge in [0.25, 0.3) is 0 Å². The third-order valence-electron chi connectivity index (χ3n) is 4.07. The van der Waals surface area contributed by atoms with Crippen molar-refractivity contribution in [3.05, 3.63) is 35.6 Å². The van der Waals surface area contributed by atoms with E-state index in [1.165, 1.54) is 6.07 Å². The predicted octanol–water partition coefficient (Wildman–Crippen LogP) is 2.15. The minimum atomic E-state index is -0.636. The van der Waals surface area contributed by atoms with E-state index in [0.29, 0.717) is 12.2 Å². The zero-order valence-electron chi connectivity index (χ0n) is 10.8. The summed E-state index contributed by atoms with van der Waals surface area (Å²) in [7, 11) is 0. The maximum absolute atomic E-state index is 13.9. The van der Waals surface area contributed by atoms with Crippen LogP contribution >= 0.6 is 0 Å². The van der Waals surface area contributed by atoms with Crippen LogP contribution in [0.5, 0.6) is 0 Å². The second-order valence-corrected chi connectivity index (χ2v) is 5.45. The van der Waals surface area contributed by atoms with E-state index >= 15 is 0 Å².